The normalized spacial score (nSPS) is 12.6. The van der Waals surface area contributed by atoms with Crippen molar-refractivity contribution in [2.24, 2.45) is 5.92 Å². The average molecular weight is 546 g/mol. The standard InChI is InChI=1S/C26H31N3O8S/c1-3-19(14-27-25(34)20-9-5-4-6-10-20)26(35)29(16-23(31)28-21(17-30)13-24(32)33)15-18-8-7-11-22(12-18)38(2,36)37/h4-12,17,19,21H,3,13-16H2,1-2H3,(H,27,34)(H,28,31)(H,32,33)/t19-,21-/m0/s1. The smallest absolute Gasteiger partial charge is 0.305 e. The second-order valence-electron chi connectivity index (χ2n) is 8.70. The Morgan fingerprint density at radius 3 is 2.32 bits per heavy atom. The first-order valence-corrected chi connectivity index (χ1v) is 13.7. The van der Waals surface area contributed by atoms with Crippen LogP contribution in [0.25, 0.3) is 0 Å². The van der Waals surface area contributed by atoms with Crippen LogP contribution in [-0.4, -0.2) is 73.8 Å². The number of carboxylic acids is 1. The van der Waals surface area contributed by atoms with Gasteiger partial charge in [-0.25, -0.2) is 8.42 Å². The highest BCUT2D eigenvalue weighted by Gasteiger charge is 2.27. The number of hydrogen-bond donors (Lipinski definition) is 3. The third kappa shape index (κ3) is 9.43. The van der Waals surface area contributed by atoms with Gasteiger partial charge in [-0.2, -0.15) is 0 Å². The number of nitrogens with one attached hydrogen (secondary N) is 2. The minimum Gasteiger partial charge on any atom is -0.481 e. The Kier molecular flexibility index (Phi) is 11.1. The molecule has 0 aliphatic rings. The molecule has 0 spiro atoms. The summed E-state index contributed by atoms with van der Waals surface area (Å²) in [7, 11) is -3.53. The molecule has 38 heavy (non-hydrogen) atoms. The first-order valence-electron chi connectivity index (χ1n) is 11.8. The number of sulfone groups is 1. The topological polar surface area (TPSA) is 167 Å². The third-order valence-corrected chi connectivity index (χ3v) is 6.75. The van der Waals surface area contributed by atoms with E-state index in [1.165, 1.54) is 23.1 Å². The van der Waals surface area contributed by atoms with Crippen molar-refractivity contribution in [2.75, 3.05) is 19.3 Å². The Bertz CT molecular complexity index is 1260. The molecule has 0 saturated heterocycles. The highest BCUT2D eigenvalue weighted by atomic mass is 32.2. The van der Waals surface area contributed by atoms with Gasteiger partial charge in [-0.3, -0.25) is 19.2 Å². The second-order valence-corrected chi connectivity index (χ2v) is 10.7. The van der Waals surface area contributed by atoms with Crippen molar-refractivity contribution in [2.45, 2.75) is 37.2 Å². The quantitative estimate of drug-likeness (QED) is 0.296. The minimum atomic E-state index is -3.53. The maximum absolute atomic E-state index is 13.5. The number of rotatable bonds is 14. The predicted octanol–water partition coefficient (Wildman–Crippen LogP) is 1.03. The zero-order valence-corrected chi connectivity index (χ0v) is 21.9. The molecule has 2 rings (SSSR count). The van der Waals surface area contributed by atoms with Crippen molar-refractivity contribution in [3.8, 4) is 0 Å². The molecule has 204 valence electrons. The fraction of sp³-hybridized carbons (Fsp3) is 0.346. The van der Waals surface area contributed by atoms with Gasteiger partial charge in [0.2, 0.25) is 11.8 Å². The van der Waals surface area contributed by atoms with E-state index in [9.17, 15) is 32.4 Å². The maximum Gasteiger partial charge on any atom is 0.305 e. The molecule has 2 aromatic carbocycles. The summed E-state index contributed by atoms with van der Waals surface area (Å²) in [5, 5.41) is 13.9. The molecular formula is C26H31N3O8S. The van der Waals surface area contributed by atoms with E-state index >= 15 is 0 Å². The highest BCUT2D eigenvalue weighted by molar-refractivity contribution is 7.90. The number of carbonyl (C=O) groups excluding carboxylic acids is 4. The van der Waals surface area contributed by atoms with Gasteiger partial charge in [-0.05, 0) is 36.2 Å². The van der Waals surface area contributed by atoms with Gasteiger partial charge in [0.15, 0.2) is 9.84 Å². The lowest BCUT2D eigenvalue weighted by molar-refractivity contribution is -0.141. The van der Waals surface area contributed by atoms with E-state index in [1.54, 1.807) is 43.3 Å². The largest absolute Gasteiger partial charge is 0.481 e. The molecule has 2 atom stereocenters. The number of carbonyl (C=O) groups is 5. The molecule has 0 saturated carbocycles. The van der Waals surface area contributed by atoms with E-state index in [-0.39, 0.29) is 23.9 Å². The fourth-order valence-electron chi connectivity index (χ4n) is 3.63. The van der Waals surface area contributed by atoms with Crippen molar-refractivity contribution in [3.63, 3.8) is 0 Å². The molecule has 0 aliphatic carbocycles. The van der Waals surface area contributed by atoms with Crippen LogP contribution in [0.5, 0.6) is 0 Å². The molecule has 0 heterocycles. The van der Waals surface area contributed by atoms with Gasteiger partial charge in [0, 0.05) is 24.9 Å². The second kappa shape index (κ2) is 14.0. The van der Waals surface area contributed by atoms with Gasteiger partial charge in [-0.1, -0.05) is 37.3 Å². The van der Waals surface area contributed by atoms with Gasteiger partial charge in [0.1, 0.15) is 6.29 Å². The molecule has 3 amide bonds. The molecule has 0 bridgehead atoms. The van der Waals surface area contributed by atoms with E-state index in [0.29, 0.717) is 23.8 Å². The van der Waals surface area contributed by atoms with Crippen LogP contribution in [0.4, 0.5) is 0 Å². The first-order chi connectivity index (χ1) is 17.9. The van der Waals surface area contributed by atoms with Crippen molar-refractivity contribution >= 4 is 39.8 Å². The molecule has 2 aromatic rings. The van der Waals surface area contributed by atoms with Gasteiger partial charge in [0.05, 0.1) is 29.8 Å². The number of amides is 3. The van der Waals surface area contributed by atoms with E-state index < -0.39 is 52.5 Å². The van der Waals surface area contributed by atoms with E-state index in [0.717, 1.165) is 6.26 Å². The SMILES string of the molecule is CC[C@@H](CNC(=O)c1ccccc1)C(=O)N(CC(=O)N[C@H](C=O)CC(=O)O)Cc1cccc(S(C)(=O)=O)c1. The van der Waals surface area contributed by atoms with Gasteiger partial charge in [-0.15, -0.1) is 0 Å². The predicted molar refractivity (Wildman–Crippen MR) is 138 cm³/mol. The van der Waals surface area contributed by atoms with E-state index in [1.807, 2.05) is 0 Å². The minimum absolute atomic E-state index is 0.0134. The van der Waals surface area contributed by atoms with Crippen LogP contribution >= 0.6 is 0 Å². The van der Waals surface area contributed by atoms with E-state index in [2.05, 4.69) is 10.6 Å². The van der Waals surface area contributed by atoms with Crippen LogP contribution in [0, 0.1) is 5.92 Å². The lowest BCUT2D eigenvalue weighted by Gasteiger charge is -2.27. The van der Waals surface area contributed by atoms with Gasteiger partial charge < -0.3 is 25.4 Å². The fourth-order valence-corrected chi connectivity index (χ4v) is 4.32. The zero-order valence-electron chi connectivity index (χ0n) is 21.1. The van der Waals surface area contributed by atoms with Crippen LogP contribution in [0.1, 0.15) is 35.7 Å². The van der Waals surface area contributed by atoms with Crippen LogP contribution < -0.4 is 10.6 Å². The van der Waals surface area contributed by atoms with Crippen LogP contribution in [0.15, 0.2) is 59.5 Å². The lowest BCUT2D eigenvalue weighted by Crippen LogP contribution is -2.48. The molecule has 11 nitrogen and oxygen atoms in total. The van der Waals surface area contributed by atoms with Gasteiger partial charge >= 0.3 is 5.97 Å². The molecule has 0 aliphatic heterocycles. The summed E-state index contributed by atoms with van der Waals surface area (Å²) >= 11 is 0. The third-order valence-electron chi connectivity index (χ3n) is 5.64. The molecule has 0 unspecified atom stereocenters. The van der Waals surface area contributed by atoms with Crippen molar-refractivity contribution in [1.29, 1.82) is 0 Å². The highest BCUT2D eigenvalue weighted by Crippen LogP contribution is 2.16. The molecule has 3 N–H and O–H groups in total. The number of aliphatic carboxylic acids is 1. The number of aldehydes is 1. The summed E-state index contributed by atoms with van der Waals surface area (Å²) < 4.78 is 24.0. The Morgan fingerprint density at radius 1 is 1.05 bits per heavy atom. The molecule has 0 radical (unpaired) electrons. The summed E-state index contributed by atoms with van der Waals surface area (Å²) in [5.74, 6) is -3.62. The average Bonchev–Trinajstić information content (AvgIpc) is 2.87. The van der Waals surface area contributed by atoms with Crippen molar-refractivity contribution in [1.82, 2.24) is 15.5 Å². The van der Waals surface area contributed by atoms with Crippen LogP contribution in [0.2, 0.25) is 0 Å². The Morgan fingerprint density at radius 2 is 1.74 bits per heavy atom. The van der Waals surface area contributed by atoms with Crippen LogP contribution in [-0.2, 0) is 35.6 Å². The van der Waals surface area contributed by atoms with Gasteiger partial charge in [0.25, 0.3) is 5.91 Å². The summed E-state index contributed by atoms with van der Waals surface area (Å²) in [6.45, 7) is 1.08. The first kappa shape index (κ1) is 30.2. The summed E-state index contributed by atoms with van der Waals surface area (Å²) in [6.07, 6.45) is 1.04. The number of hydrogen-bond acceptors (Lipinski definition) is 7. The van der Waals surface area contributed by atoms with Crippen molar-refractivity contribution < 1.29 is 37.5 Å². The monoisotopic (exact) mass is 545 g/mol. The number of benzene rings is 2. The zero-order chi connectivity index (χ0) is 28.3. The molecule has 12 heteroatoms. The number of carboxylic acid groups (broad SMARTS) is 1. The summed E-state index contributed by atoms with van der Waals surface area (Å²) in [4.78, 5) is 62.0. The Balaban J connectivity index is 2.25. The lowest BCUT2D eigenvalue weighted by atomic mass is 10.0. The Hall–Kier alpha value is -4.06. The summed E-state index contributed by atoms with van der Waals surface area (Å²) in [6, 6.07) is 13.1. The number of nitrogens with zero attached hydrogens (tertiary/aromatic N) is 1. The summed E-state index contributed by atoms with van der Waals surface area (Å²) in [5.41, 5.74) is 0.858. The maximum atomic E-state index is 13.5. The Labute approximate surface area is 221 Å². The van der Waals surface area contributed by atoms with Crippen LogP contribution in [0.3, 0.4) is 0 Å². The molecular weight excluding hydrogens is 514 g/mol. The van der Waals surface area contributed by atoms with Crippen molar-refractivity contribution in [3.05, 3.63) is 65.7 Å². The molecule has 0 aromatic heterocycles. The van der Waals surface area contributed by atoms with E-state index in [4.69, 9.17) is 5.11 Å². The molecule has 0 fully saturated rings.